The van der Waals surface area contributed by atoms with Crippen molar-refractivity contribution in [3.63, 3.8) is 0 Å². The van der Waals surface area contributed by atoms with Gasteiger partial charge in [0.05, 0.1) is 11.3 Å². The van der Waals surface area contributed by atoms with Crippen molar-refractivity contribution in [3.8, 4) is 11.1 Å². The molecule has 1 heterocycles. The van der Waals surface area contributed by atoms with Gasteiger partial charge in [-0.05, 0) is 23.3 Å². The van der Waals surface area contributed by atoms with Gasteiger partial charge in [-0.3, -0.25) is 0 Å². The predicted molar refractivity (Wildman–Crippen MR) is 74.6 cm³/mol. The molecule has 0 radical (unpaired) electrons. The van der Waals surface area contributed by atoms with Crippen LogP contribution < -0.4 is 5.73 Å². The maximum atomic E-state index is 6.25. The maximum Gasteiger partial charge on any atom is 0.152 e. The number of hydrogen-bond donors (Lipinski definition) is 1. The monoisotopic (exact) mass is 257 g/mol. The molecule has 3 rings (SSSR count). The molecule has 3 heteroatoms. The minimum atomic E-state index is 0.446. The fourth-order valence-corrected chi connectivity index (χ4v) is 2.36. The Balaban J connectivity index is 2.26. The van der Waals surface area contributed by atoms with E-state index in [0.717, 1.165) is 22.1 Å². The Kier molecular flexibility index (Phi) is 2.82. The Morgan fingerprint density at radius 2 is 1.83 bits per heavy atom. The van der Waals surface area contributed by atoms with Crippen molar-refractivity contribution in [1.82, 2.24) is 0 Å². The largest absolute Gasteiger partial charge is 0.462 e. The standard InChI is InChI=1S/C15H12ClNO/c16-14-7-11(10-4-2-1-3-5-10)6-13-12(8-17)9-18-15(13)14/h1-7,9H,8,17H2. The second kappa shape index (κ2) is 4.48. The van der Waals surface area contributed by atoms with E-state index in [9.17, 15) is 0 Å². The summed E-state index contributed by atoms with van der Waals surface area (Å²) >= 11 is 6.25. The van der Waals surface area contributed by atoms with E-state index in [4.69, 9.17) is 21.8 Å². The van der Waals surface area contributed by atoms with E-state index >= 15 is 0 Å². The zero-order chi connectivity index (χ0) is 12.5. The Labute approximate surface area is 110 Å². The molecule has 0 spiro atoms. The summed E-state index contributed by atoms with van der Waals surface area (Å²) in [6.45, 7) is 0.446. The third kappa shape index (κ3) is 1.80. The van der Waals surface area contributed by atoms with Gasteiger partial charge in [-0.1, -0.05) is 41.9 Å². The molecule has 1 aromatic heterocycles. The lowest BCUT2D eigenvalue weighted by Gasteiger charge is -2.03. The lowest BCUT2D eigenvalue weighted by Crippen LogP contribution is -1.94. The van der Waals surface area contributed by atoms with Crippen LogP contribution in [0, 0.1) is 0 Å². The van der Waals surface area contributed by atoms with Crippen LogP contribution in [0.25, 0.3) is 22.1 Å². The Bertz CT molecular complexity index is 688. The molecule has 0 amide bonds. The average molecular weight is 258 g/mol. The van der Waals surface area contributed by atoms with E-state index < -0.39 is 0 Å². The first-order valence-corrected chi connectivity index (χ1v) is 6.12. The minimum Gasteiger partial charge on any atom is -0.462 e. The molecule has 2 aromatic carbocycles. The van der Waals surface area contributed by atoms with Crippen molar-refractivity contribution in [2.75, 3.05) is 0 Å². The highest BCUT2D eigenvalue weighted by molar-refractivity contribution is 6.35. The number of halogens is 1. The first kappa shape index (κ1) is 11.3. The average Bonchev–Trinajstić information content (AvgIpc) is 2.83. The molecule has 0 fully saturated rings. The summed E-state index contributed by atoms with van der Waals surface area (Å²) in [5.41, 5.74) is 9.58. The third-order valence-electron chi connectivity index (χ3n) is 3.04. The molecule has 0 aliphatic rings. The highest BCUT2D eigenvalue weighted by Crippen LogP contribution is 2.33. The molecule has 18 heavy (non-hydrogen) atoms. The van der Waals surface area contributed by atoms with Crippen molar-refractivity contribution in [2.24, 2.45) is 5.73 Å². The summed E-state index contributed by atoms with van der Waals surface area (Å²) in [6.07, 6.45) is 1.67. The van der Waals surface area contributed by atoms with Crippen LogP contribution in [0.3, 0.4) is 0 Å². The maximum absolute atomic E-state index is 6.25. The first-order valence-electron chi connectivity index (χ1n) is 5.74. The lowest BCUT2D eigenvalue weighted by atomic mass is 10.0. The molecule has 2 N–H and O–H groups in total. The Morgan fingerprint density at radius 3 is 2.56 bits per heavy atom. The second-order valence-electron chi connectivity index (χ2n) is 4.17. The summed E-state index contributed by atoms with van der Waals surface area (Å²) in [6, 6.07) is 14.1. The van der Waals surface area contributed by atoms with Gasteiger partial charge in [0.15, 0.2) is 5.58 Å². The Hall–Kier alpha value is -1.77. The van der Waals surface area contributed by atoms with E-state index in [1.54, 1.807) is 6.26 Å². The van der Waals surface area contributed by atoms with Gasteiger partial charge < -0.3 is 10.2 Å². The van der Waals surface area contributed by atoms with Crippen LogP contribution in [0.2, 0.25) is 5.02 Å². The van der Waals surface area contributed by atoms with Crippen LogP contribution >= 0.6 is 11.6 Å². The Morgan fingerprint density at radius 1 is 1.06 bits per heavy atom. The van der Waals surface area contributed by atoms with Crippen LogP contribution in [-0.2, 0) is 6.54 Å². The fraction of sp³-hybridized carbons (Fsp3) is 0.0667. The number of hydrogen-bond acceptors (Lipinski definition) is 2. The van der Waals surface area contributed by atoms with Gasteiger partial charge in [0, 0.05) is 17.5 Å². The van der Waals surface area contributed by atoms with E-state index in [2.05, 4.69) is 18.2 Å². The molecule has 0 saturated heterocycles. The first-order chi connectivity index (χ1) is 8.79. The van der Waals surface area contributed by atoms with Gasteiger partial charge in [0.2, 0.25) is 0 Å². The molecule has 0 atom stereocenters. The summed E-state index contributed by atoms with van der Waals surface area (Å²) in [5.74, 6) is 0. The molecular weight excluding hydrogens is 246 g/mol. The van der Waals surface area contributed by atoms with Crippen LogP contribution in [0.15, 0.2) is 53.1 Å². The minimum absolute atomic E-state index is 0.446. The summed E-state index contributed by atoms with van der Waals surface area (Å²) in [5, 5.41) is 1.61. The topological polar surface area (TPSA) is 39.2 Å². The van der Waals surface area contributed by atoms with Crippen LogP contribution in [0.1, 0.15) is 5.56 Å². The normalized spacial score (nSPS) is 11.0. The molecule has 0 aliphatic carbocycles. The van der Waals surface area contributed by atoms with Gasteiger partial charge in [-0.25, -0.2) is 0 Å². The van der Waals surface area contributed by atoms with Gasteiger partial charge >= 0.3 is 0 Å². The smallest absolute Gasteiger partial charge is 0.152 e. The zero-order valence-electron chi connectivity index (χ0n) is 9.69. The van der Waals surface area contributed by atoms with E-state index in [1.165, 1.54) is 0 Å². The molecule has 0 aliphatic heterocycles. The van der Waals surface area contributed by atoms with Crippen molar-refractivity contribution in [1.29, 1.82) is 0 Å². The second-order valence-corrected chi connectivity index (χ2v) is 4.57. The van der Waals surface area contributed by atoms with Crippen molar-refractivity contribution < 1.29 is 4.42 Å². The molecule has 0 bridgehead atoms. The summed E-state index contributed by atoms with van der Waals surface area (Å²) in [4.78, 5) is 0. The molecule has 0 unspecified atom stereocenters. The van der Waals surface area contributed by atoms with E-state index in [0.29, 0.717) is 17.2 Å². The number of nitrogens with two attached hydrogens (primary N) is 1. The molecule has 0 saturated carbocycles. The van der Waals surface area contributed by atoms with Gasteiger partial charge in [-0.2, -0.15) is 0 Å². The van der Waals surface area contributed by atoms with Gasteiger partial charge in [-0.15, -0.1) is 0 Å². The zero-order valence-corrected chi connectivity index (χ0v) is 10.4. The van der Waals surface area contributed by atoms with Crippen molar-refractivity contribution in [2.45, 2.75) is 6.54 Å². The SMILES string of the molecule is NCc1coc2c(Cl)cc(-c3ccccc3)cc12. The highest BCUT2D eigenvalue weighted by atomic mass is 35.5. The van der Waals surface area contributed by atoms with E-state index in [1.807, 2.05) is 24.3 Å². The predicted octanol–water partition coefficient (Wildman–Crippen LogP) is 4.21. The quantitative estimate of drug-likeness (QED) is 0.747. The summed E-state index contributed by atoms with van der Waals surface area (Å²) < 4.78 is 5.45. The molecule has 3 aromatic rings. The van der Waals surface area contributed by atoms with Gasteiger partial charge in [0.1, 0.15) is 0 Å². The highest BCUT2D eigenvalue weighted by Gasteiger charge is 2.10. The van der Waals surface area contributed by atoms with Crippen LogP contribution in [-0.4, -0.2) is 0 Å². The summed E-state index contributed by atoms with van der Waals surface area (Å²) in [7, 11) is 0. The lowest BCUT2D eigenvalue weighted by molar-refractivity contribution is 0.611. The number of rotatable bonds is 2. The number of benzene rings is 2. The van der Waals surface area contributed by atoms with E-state index in [-0.39, 0.29) is 0 Å². The van der Waals surface area contributed by atoms with Crippen molar-refractivity contribution >= 4 is 22.6 Å². The van der Waals surface area contributed by atoms with Crippen LogP contribution in [0.5, 0.6) is 0 Å². The van der Waals surface area contributed by atoms with Gasteiger partial charge in [0.25, 0.3) is 0 Å². The van der Waals surface area contributed by atoms with Crippen LogP contribution in [0.4, 0.5) is 0 Å². The third-order valence-corrected chi connectivity index (χ3v) is 3.32. The molecular formula is C15H12ClNO. The number of furan rings is 1. The fourth-order valence-electron chi connectivity index (χ4n) is 2.10. The molecule has 90 valence electrons. The number of fused-ring (bicyclic) bond motifs is 1. The van der Waals surface area contributed by atoms with Crippen molar-refractivity contribution in [3.05, 3.63) is 59.3 Å². The molecule has 2 nitrogen and oxygen atoms in total.